The van der Waals surface area contributed by atoms with E-state index in [0.717, 1.165) is 41.9 Å². The number of thiol groups is 1. The molecule has 1 aliphatic carbocycles. The number of thiazole rings is 1. The maximum atomic E-state index is 9.86. The molecule has 0 unspecified atom stereocenters. The average Bonchev–Trinajstić information content (AvgIpc) is 3.12. The molecule has 0 bridgehead atoms. The number of nitrogens with two attached hydrogens (primary N) is 1. The van der Waals surface area contributed by atoms with Gasteiger partial charge in [0.25, 0.3) is 0 Å². The number of aryl methyl sites for hydroxylation is 1. The van der Waals surface area contributed by atoms with E-state index >= 15 is 0 Å². The Kier molecular flexibility index (Phi) is 4.83. The number of amidine groups is 1. The van der Waals surface area contributed by atoms with Crippen molar-refractivity contribution < 1.29 is 0 Å². The van der Waals surface area contributed by atoms with Gasteiger partial charge in [-0.25, -0.2) is 9.98 Å². The summed E-state index contributed by atoms with van der Waals surface area (Å²) >= 11 is 6.09. The lowest BCUT2D eigenvalue weighted by Crippen LogP contribution is -2.43. The van der Waals surface area contributed by atoms with Gasteiger partial charge < -0.3 is 5.73 Å². The van der Waals surface area contributed by atoms with Gasteiger partial charge in [0.1, 0.15) is 15.9 Å². The predicted molar refractivity (Wildman–Crippen MR) is 114 cm³/mol. The molecule has 6 heteroatoms. The summed E-state index contributed by atoms with van der Waals surface area (Å²) in [5.41, 5.74) is 10.0. The molecule has 2 aliphatic rings. The Hall–Kier alpha value is -2.10. The Morgan fingerprint density at radius 3 is 2.59 bits per heavy atom. The second kappa shape index (κ2) is 7.14. The third kappa shape index (κ3) is 3.09. The van der Waals surface area contributed by atoms with Crippen LogP contribution in [0.1, 0.15) is 48.6 Å². The van der Waals surface area contributed by atoms with Crippen LogP contribution in [0.2, 0.25) is 0 Å². The van der Waals surface area contributed by atoms with Crippen molar-refractivity contribution in [3.8, 4) is 17.3 Å². The number of nitriles is 1. The van der Waals surface area contributed by atoms with Gasteiger partial charge in [-0.3, -0.25) is 0 Å². The minimum atomic E-state index is -0.321. The Bertz CT molecular complexity index is 957. The lowest BCUT2D eigenvalue weighted by atomic mass is 9.61. The van der Waals surface area contributed by atoms with Crippen molar-refractivity contribution in [2.45, 2.75) is 44.9 Å². The number of benzene rings is 1. The molecule has 1 aliphatic heterocycles. The van der Waals surface area contributed by atoms with Crippen LogP contribution in [-0.4, -0.2) is 10.8 Å². The van der Waals surface area contributed by atoms with Crippen LogP contribution < -0.4 is 5.73 Å². The molecule has 138 valence electrons. The van der Waals surface area contributed by atoms with Crippen molar-refractivity contribution in [1.29, 1.82) is 5.26 Å². The number of rotatable bonds is 2. The molecule has 1 aromatic heterocycles. The normalized spacial score (nSPS) is 21.8. The summed E-state index contributed by atoms with van der Waals surface area (Å²) in [6.45, 7) is 2.08. The van der Waals surface area contributed by atoms with Crippen molar-refractivity contribution >= 4 is 29.8 Å². The van der Waals surface area contributed by atoms with Gasteiger partial charge in [0.05, 0.1) is 23.3 Å². The van der Waals surface area contributed by atoms with Crippen molar-refractivity contribution in [2.24, 2.45) is 16.1 Å². The van der Waals surface area contributed by atoms with E-state index < -0.39 is 0 Å². The topological polar surface area (TPSA) is 75.1 Å². The predicted octanol–water partition coefficient (Wildman–Crippen LogP) is 5.19. The lowest BCUT2D eigenvalue weighted by Gasteiger charge is -2.44. The largest absolute Gasteiger partial charge is 0.387 e. The molecule has 2 aromatic rings. The fourth-order valence-electron chi connectivity index (χ4n) is 4.42. The first-order valence-electron chi connectivity index (χ1n) is 9.25. The minimum Gasteiger partial charge on any atom is -0.387 e. The minimum absolute atomic E-state index is 0.146. The standard InChI is InChI=1S/C21H22N4S2/c1-13-5-7-14(8-6-13)16-12-27-20(24-16)17-18(23)25-19(26)15(11-22)21(17)9-3-2-4-10-21/h5-8,12,17,26H,2-4,9-10H2,1H3,(H2,23,25)/t17-/m1/s1. The van der Waals surface area contributed by atoms with Crippen LogP contribution >= 0.6 is 24.0 Å². The molecule has 2 heterocycles. The van der Waals surface area contributed by atoms with E-state index in [9.17, 15) is 5.26 Å². The Balaban J connectivity index is 1.79. The zero-order valence-corrected chi connectivity index (χ0v) is 17.0. The molecular formula is C21H22N4S2. The highest BCUT2D eigenvalue weighted by Gasteiger charge is 2.50. The number of allylic oxidation sites excluding steroid dienone is 1. The Morgan fingerprint density at radius 2 is 1.93 bits per heavy atom. The van der Waals surface area contributed by atoms with E-state index in [1.54, 1.807) is 11.3 Å². The molecule has 1 saturated carbocycles. The molecule has 1 fully saturated rings. The summed E-state index contributed by atoms with van der Waals surface area (Å²) in [6, 6.07) is 10.8. The molecule has 27 heavy (non-hydrogen) atoms. The zero-order valence-electron chi connectivity index (χ0n) is 15.3. The monoisotopic (exact) mass is 394 g/mol. The van der Waals surface area contributed by atoms with E-state index in [1.807, 2.05) is 0 Å². The molecule has 0 radical (unpaired) electrons. The first kappa shape index (κ1) is 18.3. The molecule has 0 amide bonds. The maximum absolute atomic E-state index is 9.86. The quantitative estimate of drug-likeness (QED) is 0.688. The fraction of sp³-hybridized carbons (Fsp3) is 0.381. The van der Waals surface area contributed by atoms with E-state index in [1.165, 1.54) is 12.0 Å². The van der Waals surface area contributed by atoms with Gasteiger partial charge in [-0.2, -0.15) is 5.26 Å². The second-order valence-electron chi connectivity index (χ2n) is 7.43. The van der Waals surface area contributed by atoms with Crippen LogP contribution in [0.5, 0.6) is 0 Å². The molecule has 4 rings (SSSR count). The molecule has 0 saturated heterocycles. The van der Waals surface area contributed by atoms with Gasteiger partial charge in [-0.1, -0.05) is 49.1 Å². The van der Waals surface area contributed by atoms with Crippen molar-refractivity contribution in [3.05, 3.63) is 50.8 Å². The van der Waals surface area contributed by atoms with Crippen LogP contribution in [0.25, 0.3) is 11.3 Å². The second-order valence-corrected chi connectivity index (χ2v) is 8.75. The number of aromatic nitrogens is 1. The van der Waals surface area contributed by atoms with Crippen LogP contribution in [-0.2, 0) is 0 Å². The number of hydrogen-bond acceptors (Lipinski definition) is 6. The van der Waals surface area contributed by atoms with Gasteiger partial charge in [0.15, 0.2) is 0 Å². The highest BCUT2D eigenvalue weighted by atomic mass is 32.1. The summed E-state index contributed by atoms with van der Waals surface area (Å²) in [5, 5.41) is 13.4. The zero-order chi connectivity index (χ0) is 19.0. The van der Waals surface area contributed by atoms with Crippen LogP contribution in [0.4, 0.5) is 0 Å². The van der Waals surface area contributed by atoms with Gasteiger partial charge in [-0.15, -0.1) is 24.0 Å². The maximum Gasteiger partial charge on any atom is 0.111 e. The molecular weight excluding hydrogens is 372 g/mol. The molecule has 1 atom stereocenters. The van der Waals surface area contributed by atoms with Crippen LogP contribution in [0.3, 0.4) is 0 Å². The van der Waals surface area contributed by atoms with E-state index in [-0.39, 0.29) is 11.3 Å². The average molecular weight is 395 g/mol. The highest BCUT2D eigenvalue weighted by molar-refractivity contribution is 7.84. The summed E-state index contributed by atoms with van der Waals surface area (Å²) in [5.74, 6) is 0.387. The third-order valence-electron chi connectivity index (χ3n) is 5.78. The molecule has 4 nitrogen and oxygen atoms in total. The van der Waals surface area contributed by atoms with Gasteiger partial charge >= 0.3 is 0 Å². The first-order valence-corrected chi connectivity index (χ1v) is 10.6. The summed E-state index contributed by atoms with van der Waals surface area (Å²) in [4.78, 5) is 9.35. The van der Waals surface area contributed by atoms with E-state index in [4.69, 9.17) is 10.7 Å². The molecule has 1 spiro atoms. The number of nitrogens with zero attached hydrogens (tertiary/aromatic N) is 3. The van der Waals surface area contributed by atoms with E-state index in [0.29, 0.717) is 16.4 Å². The summed E-state index contributed by atoms with van der Waals surface area (Å²) < 4.78 is 0. The molecule has 1 aromatic carbocycles. The van der Waals surface area contributed by atoms with Crippen LogP contribution in [0, 0.1) is 23.7 Å². The fourth-order valence-corrected chi connectivity index (χ4v) is 5.86. The van der Waals surface area contributed by atoms with Crippen molar-refractivity contribution in [2.75, 3.05) is 0 Å². The third-order valence-corrected chi connectivity index (χ3v) is 7.01. The Labute approximate surface area is 169 Å². The highest BCUT2D eigenvalue weighted by Crippen LogP contribution is 2.56. The summed E-state index contributed by atoms with van der Waals surface area (Å²) in [7, 11) is 0. The smallest absolute Gasteiger partial charge is 0.111 e. The van der Waals surface area contributed by atoms with Crippen LogP contribution in [0.15, 0.2) is 45.2 Å². The van der Waals surface area contributed by atoms with Gasteiger partial charge in [0.2, 0.25) is 0 Å². The van der Waals surface area contributed by atoms with Crippen molar-refractivity contribution in [1.82, 2.24) is 4.98 Å². The van der Waals surface area contributed by atoms with Crippen molar-refractivity contribution in [3.63, 3.8) is 0 Å². The van der Waals surface area contributed by atoms with E-state index in [2.05, 4.69) is 60.3 Å². The lowest BCUT2D eigenvalue weighted by molar-refractivity contribution is 0.224. The molecule has 2 N–H and O–H groups in total. The number of hydrogen-bond donors (Lipinski definition) is 2. The SMILES string of the molecule is Cc1ccc(-c2csc([C@H]3C(N)=NC(S)=C(C#N)C34CCCCC4)n2)cc1. The van der Waals surface area contributed by atoms with Gasteiger partial charge in [-0.05, 0) is 19.8 Å². The Morgan fingerprint density at radius 1 is 1.22 bits per heavy atom. The van der Waals surface area contributed by atoms with Gasteiger partial charge in [0, 0.05) is 16.4 Å². The summed E-state index contributed by atoms with van der Waals surface area (Å²) in [6.07, 6.45) is 5.23. The number of aliphatic imine (C=N–C) groups is 1. The first-order chi connectivity index (χ1) is 13.0.